The fraction of sp³-hybridized carbons (Fsp3) is 0.632. The third-order valence-electron chi connectivity index (χ3n) is 5.89. The molecule has 1 amide bonds. The van der Waals surface area contributed by atoms with Gasteiger partial charge in [0.05, 0.1) is 6.10 Å². The third-order valence-corrected chi connectivity index (χ3v) is 5.89. The Balaban J connectivity index is 1.43. The van der Waals surface area contributed by atoms with Crippen LogP contribution in [0.3, 0.4) is 0 Å². The number of carbonyl (C=O) groups excluding carboxylic acids is 1. The van der Waals surface area contributed by atoms with Gasteiger partial charge < -0.3 is 10.0 Å². The summed E-state index contributed by atoms with van der Waals surface area (Å²) < 4.78 is 0. The molecule has 4 nitrogen and oxygen atoms in total. The fourth-order valence-electron chi connectivity index (χ4n) is 4.65. The molecule has 1 aromatic rings. The number of aliphatic hydroxyl groups is 1. The second-order valence-corrected chi connectivity index (χ2v) is 7.56. The van der Waals surface area contributed by atoms with Crippen molar-refractivity contribution in [3.8, 4) is 0 Å². The number of benzene rings is 1. The molecule has 1 N–H and O–H groups in total. The lowest BCUT2D eigenvalue weighted by Crippen LogP contribution is -2.52. The maximum Gasteiger partial charge on any atom is 0.222 e. The first-order valence-corrected chi connectivity index (χ1v) is 8.93. The zero-order chi connectivity index (χ0) is 15.9. The van der Waals surface area contributed by atoms with Crippen molar-refractivity contribution in [2.24, 2.45) is 0 Å². The average Bonchev–Trinajstić information content (AvgIpc) is 2.89. The molecule has 3 aliphatic rings. The number of hydrogen-bond acceptors (Lipinski definition) is 3. The first kappa shape index (κ1) is 15.2. The van der Waals surface area contributed by atoms with Gasteiger partial charge in [-0.25, -0.2) is 0 Å². The van der Waals surface area contributed by atoms with E-state index in [2.05, 4.69) is 29.2 Å². The van der Waals surface area contributed by atoms with E-state index in [9.17, 15) is 9.90 Å². The van der Waals surface area contributed by atoms with Gasteiger partial charge in [-0.2, -0.15) is 0 Å². The number of aliphatic hydroxyl groups excluding tert-OH is 1. The Kier molecular flexibility index (Phi) is 3.90. The normalized spacial score (nSPS) is 24.6. The minimum atomic E-state index is -0.445. The van der Waals surface area contributed by atoms with Crippen LogP contribution in [0.2, 0.25) is 0 Å². The van der Waals surface area contributed by atoms with Crippen LogP contribution in [-0.4, -0.2) is 53.1 Å². The lowest BCUT2D eigenvalue weighted by atomic mass is 9.61. The number of carbonyl (C=O) groups is 1. The number of hydrogen-bond donors (Lipinski definition) is 1. The van der Waals surface area contributed by atoms with E-state index in [-0.39, 0.29) is 5.91 Å². The molecule has 23 heavy (non-hydrogen) atoms. The van der Waals surface area contributed by atoms with E-state index < -0.39 is 6.10 Å². The maximum atomic E-state index is 11.7. The summed E-state index contributed by atoms with van der Waals surface area (Å²) >= 11 is 0. The smallest absolute Gasteiger partial charge is 0.222 e. The third kappa shape index (κ3) is 2.79. The molecular weight excluding hydrogens is 288 g/mol. The second kappa shape index (κ2) is 5.91. The number of fused-ring (bicyclic) bond motifs is 2. The summed E-state index contributed by atoms with van der Waals surface area (Å²) in [6, 6.07) is 8.81. The van der Waals surface area contributed by atoms with Crippen molar-refractivity contribution in [3.05, 3.63) is 35.4 Å². The molecule has 4 rings (SSSR count). The predicted molar refractivity (Wildman–Crippen MR) is 89.1 cm³/mol. The van der Waals surface area contributed by atoms with Crippen LogP contribution in [0.5, 0.6) is 0 Å². The summed E-state index contributed by atoms with van der Waals surface area (Å²) in [7, 11) is 0. The highest BCUT2D eigenvalue weighted by Gasteiger charge is 2.44. The number of amides is 1. The van der Waals surface area contributed by atoms with Crippen molar-refractivity contribution in [1.29, 1.82) is 0 Å². The Morgan fingerprint density at radius 2 is 2.00 bits per heavy atom. The number of β-amino-alcohol motifs (C(OH)–C–C–N with tert-alkyl or cyclic N) is 1. The second-order valence-electron chi connectivity index (χ2n) is 7.56. The number of rotatable bonds is 4. The van der Waals surface area contributed by atoms with Crippen molar-refractivity contribution >= 4 is 5.91 Å². The molecule has 1 saturated carbocycles. The van der Waals surface area contributed by atoms with Crippen molar-refractivity contribution < 1.29 is 9.90 Å². The van der Waals surface area contributed by atoms with Crippen LogP contribution in [0.1, 0.15) is 43.2 Å². The Bertz CT molecular complexity index is 597. The van der Waals surface area contributed by atoms with E-state index in [1.54, 1.807) is 0 Å². The summed E-state index contributed by atoms with van der Waals surface area (Å²) in [4.78, 5) is 15.9. The predicted octanol–water partition coefficient (Wildman–Crippen LogP) is 1.91. The standard InChI is InChI=1S/C19H26N2O2/c22-16(13-21-10-3-7-18(21)23)12-20-11-15-5-1-2-6-17(15)19(14-20)8-4-9-19/h1-2,5-6,16,22H,3-4,7-14H2. The van der Waals surface area contributed by atoms with E-state index in [4.69, 9.17) is 0 Å². The molecule has 1 atom stereocenters. The molecule has 4 heteroatoms. The van der Waals surface area contributed by atoms with Crippen molar-refractivity contribution in [2.75, 3.05) is 26.2 Å². The summed E-state index contributed by atoms with van der Waals surface area (Å²) in [6.45, 7) is 3.93. The highest BCUT2D eigenvalue weighted by atomic mass is 16.3. The van der Waals surface area contributed by atoms with Gasteiger partial charge in [0, 0.05) is 44.6 Å². The Labute approximate surface area is 138 Å². The van der Waals surface area contributed by atoms with Crippen LogP contribution in [-0.2, 0) is 16.8 Å². The monoisotopic (exact) mass is 314 g/mol. The molecule has 1 unspecified atom stereocenters. The highest BCUT2D eigenvalue weighted by Crippen LogP contribution is 2.48. The van der Waals surface area contributed by atoms with Gasteiger partial charge in [0.15, 0.2) is 0 Å². The Hall–Kier alpha value is -1.39. The summed E-state index contributed by atoms with van der Waals surface area (Å²) in [5, 5.41) is 10.5. The van der Waals surface area contributed by atoms with E-state index in [1.807, 2.05) is 4.90 Å². The SMILES string of the molecule is O=C1CCCN1CC(O)CN1Cc2ccccc2C2(CCC2)C1. The van der Waals surface area contributed by atoms with Gasteiger partial charge >= 0.3 is 0 Å². The molecule has 1 saturated heterocycles. The fourth-order valence-corrected chi connectivity index (χ4v) is 4.65. The lowest BCUT2D eigenvalue weighted by Gasteiger charge is -2.50. The highest BCUT2D eigenvalue weighted by molar-refractivity contribution is 5.78. The summed E-state index contributed by atoms with van der Waals surface area (Å²) in [6.07, 6.45) is 4.98. The molecule has 2 heterocycles. The van der Waals surface area contributed by atoms with E-state index in [0.717, 1.165) is 26.1 Å². The van der Waals surface area contributed by atoms with Crippen LogP contribution in [0.15, 0.2) is 24.3 Å². The average molecular weight is 314 g/mol. The van der Waals surface area contributed by atoms with Crippen LogP contribution in [0.4, 0.5) is 0 Å². The molecule has 0 aromatic heterocycles. The van der Waals surface area contributed by atoms with Gasteiger partial charge in [0.1, 0.15) is 0 Å². The zero-order valence-electron chi connectivity index (χ0n) is 13.7. The molecule has 2 aliphatic heterocycles. The van der Waals surface area contributed by atoms with Gasteiger partial charge in [0.2, 0.25) is 5.91 Å². The van der Waals surface area contributed by atoms with Crippen LogP contribution < -0.4 is 0 Å². The van der Waals surface area contributed by atoms with Gasteiger partial charge in [-0.05, 0) is 30.4 Å². The first-order valence-electron chi connectivity index (χ1n) is 8.93. The van der Waals surface area contributed by atoms with Gasteiger partial charge in [-0.1, -0.05) is 30.7 Å². The molecular formula is C19H26N2O2. The Morgan fingerprint density at radius 1 is 1.17 bits per heavy atom. The molecule has 1 aliphatic carbocycles. The topological polar surface area (TPSA) is 43.8 Å². The van der Waals surface area contributed by atoms with Crippen LogP contribution in [0, 0.1) is 0 Å². The molecule has 1 spiro atoms. The van der Waals surface area contributed by atoms with E-state index in [0.29, 0.717) is 24.9 Å². The first-order chi connectivity index (χ1) is 11.2. The molecule has 0 bridgehead atoms. The minimum absolute atomic E-state index is 0.198. The van der Waals surface area contributed by atoms with Gasteiger partial charge in [-0.3, -0.25) is 9.69 Å². The maximum absolute atomic E-state index is 11.7. The molecule has 124 valence electrons. The molecule has 2 fully saturated rings. The lowest BCUT2D eigenvalue weighted by molar-refractivity contribution is -0.129. The van der Waals surface area contributed by atoms with Crippen LogP contribution >= 0.6 is 0 Å². The zero-order valence-corrected chi connectivity index (χ0v) is 13.7. The van der Waals surface area contributed by atoms with Crippen molar-refractivity contribution in [3.63, 3.8) is 0 Å². The summed E-state index contributed by atoms with van der Waals surface area (Å²) in [5.41, 5.74) is 3.27. The molecule has 1 aromatic carbocycles. The number of likely N-dealkylation sites (tertiary alicyclic amines) is 1. The summed E-state index contributed by atoms with van der Waals surface area (Å²) in [5.74, 6) is 0.198. The Morgan fingerprint density at radius 3 is 2.70 bits per heavy atom. The van der Waals surface area contributed by atoms with Crippen molar-refractivity contribution in [2.45, 2.75) is 50.2 Å². The van der Waals surface area contributed by atoms with Crippen LogP contribution in [0.25, 0.3) is 0 Å². The largest absolute Gasteiger partial charge is 0.390 e. The molecule has 0 radical (unpaired) electrons. The quantitative estimate of drug-likeness (QED) is 0.923. The number of nitrogens with zero attached hydrogens (tertiary/aromatic N) is 2. The van der Waals surface area contributed by atoms with Gasteiger partial charge in [0.25, 0.3) is 0 Å². The van der Waals surface area contributed by atoms with Crippen molar-refractivity contribution in [1.82, 2.24) is 9.80 Å². The van der Waals surface area contributed by atoms with E-state index in [1.165, 1.54) is 30.4 Å². The van der Waals surface area contributed by atoms with Gasteiger partial charge in [-0.15, -0.1) is 0 Å². The van der Waals surface area contributed by atoms with E-state index >= 15 is 0 Å². The minimum Gasteiger partial charge on any atom is -0.390 e.